The highest BCUT2D eigenvalue weighted by molar-refractivity contribution is 6.35. The fourth-order valence-electron chi connectivity index (χ4n) is 0.739. The Bertz CT molecular complexity index is 402. The number of benzene rings is 1. The van der Waals surface area contributed by atoms with Crippen LogP contribution < -0.4 is 0 Å². The third-order valence-corrected chi connectivity index (χ3v) is 1.92. The molecule has 0 saturated carbocycles. The van der Waals surface area contributed by atoms with E-state index in [1.165, 1.54) is 12.1 Å². The van der Waals surface area contributed by atoms with Gasteiger partial charge in [-0.1, -0.05) is 29.1 Å². The normalized spacial score (nSPS) is 8.77. The second-order valence-electron chi connectivity index (χ2n) is 2.17. The number of rotatable bonds is 0. The van der Waals surface area contributed by atoms with E-state index in [9.17, 15) is 4.79 Å². The van der Waals surface area contributed by atoms with Gasteiger partial charge in [-0.3, -0.25) is 4.79 Å². The molecule has 1 aromatic carbocycles. The van der Waals surface area contributed by atoms with Crippen molar-refractivity contribution in [3.63, 3.8) is 0 Å². The van der Waals surface area contributed by atoms with Crippen molar-refractivity contribution in [3.05, 3.63) is 27.7 Å². The molecule has 0 aliphatic heterocycles. The van der Waals surface area contributed by atoms with Gasteiger partial charge >= 0.3 is 0 Å². The van der Waals surface area contributed by atoms with Crippen molar-refractivity contribution < 1.29 is 9.90 Å². The summed E-state index contributed by atoms with van der Waals surface area (Å²) in [5, 5.41) is 9.53. The molecule has 0 unspecified atom stereocenters. The Hall–Kier alpha value is -1.17. The van der Waals surface area contributed by atoms with Crippen LogP contribution in [-0.2, 0) is 4.79 Å². The van der Waals surface area contributed by atoms with Crippen molar-refractivity contribution in [3.8, 4) is 17.6 Å². The molecule has 1 aromatic rings. The maximum Gasteiger partial charge on any atom is 0.193 e. The van der Waals surface area contributed by atoms with Crippen LogP contribution >= 0.6 is 23.2 Å². The molecular weight excluding hydrogens is 211 g/mol. The van der Waals surface area contributed by atoms with Crippen LogP contribution in [0.15, 0.2) is 12.1 Å². The van der Waals surface area contributed by atoms with E-state index >= 15 is 0 Å². The van der Waals surface area contributed by atoms with Crippen molar-refractivity contribution in [2.45, 2.75) is 0 Å². The van der Waals surface area contributed by atoms with Crippen molar-refractivity contribution in [2.24, 2.45) is 0 Å². The fourth-order valence-corrected chi connectivity index (χ4v) is 1.11. The molecule has 0 aromatic heterocycles. The van der Waals surface area contributed by atoms with Crippen LogP contribution in [0, 0.1) is 11.8 Å². The fraction of sp³-hybridized carbons (Fsp3) is 0. The lowest BCUT2D eigenvalue weighted by Gasteiger charge is -1.99. The second kappa shape index (κ2) is 4.18. The quantitative estimate of drug-likeness (QED) is 0.532. The highest BCUT2D eigenvalue weighted by Gasteiger charge is 2.03. The predicted molar refractivity (Wildman–Crippen MR) is 51.1 cm³/mol. The summed E-state index contributed by atoms with van der Waals surface area (Å²) in [6.45, 7) is 0. The van der Waals surface area contributed by atoms with Crippen LogP contribution in [0.3, 0.4) is 0 Å². The largest absolute Gasteiger partial charge is 0.506 e. The summed E-state index contributed by atoms with van der Waals surface area (Å²) < 4.78 is 0. The van der Waals surface area contributed by atoms with Gasteiger partial charge in [0.05, 0.1) is 10.0 Å². The molecule has 0 spiro atoms. The molecule has 2 nitrogen and oxygen atoms in total. The minimum absolute atomic E-state index is 0.108. The average Bonchev–Trinajstić information content (AvgIpc) is 2.09. The summed E-state index contributed by atoms with van der Waals surface area (Å²) in [5.74, 6) is 4.57. The SMILES string of the molecule is O=CC#Cc1cc(Cl)c(O)cc1Cl. The lowest BCUT2D eigenvalue weighted by Crippen LogP contribution is -1.78. The van der Waals surface area contributed by atoms with E-state index in [0.29, 0.717) is 11.8 Å². The first-order chi connectivity index (χ1) is 6.15. The summed E-state index contributed by atoms with van der Waals surface area (Å²) >= 11 is 11.3. The monoisotopic (exact) mass is 214 g/mol. The molecule has 1 rings (SSSR count). The zero-order chi connectivity index (χ0) is 9.84. The first kappa shape index (κ1) is 9.91. The summed E-state index contributed by atoms with van der Waals surface area (Å²) in [6.07, 6.45) is 0.455. The molecule has 0 aliphatic carbocycles. The van der Waals surface area contributed by atoms with Crippen molar-refractivity contribution in [1.82, 2.24) is 0 Å². The van der Waals surface area contributed by atoms with Gasteiger partial charge in [0.25, 0.3) is 0 Å². The van der Waals surface area contributed by atoms with Gasteiger partial charge in [-0.05, 0) is 12.0 Å². The van der Waals surface area contributed by atoms with E-state index in [2.05, 4.69) is 11.8 Å². The molecule has 13 heavy (non-hydrogen) atoms. The van der Waals surface area contributed by atoms with Gasteiger partial charge in [0, 0.05) is 11.6 Å². The number of aldehydes is 1. The van der Waals surface area contributed by atoms with Gasteiger partial charge in [0.15, 0.2) is 6.29 Å². The number of phenolic OH excluding ortho intramolecular Hbond substituents is 1. The Balaban J connectivity index is 3.23. The van der Waals surface area contributed by atoms with Gasteiger partial charge < -0.3 is 5.11 Å². The summed E-state index contributed by atoms with van der Waals surface area (Å²) in [5.41, 5.74) is 0.413. The van der Waals surface area contributed by atoms with E-state index in [1.807, 2.05) is 0 Å². The van der Waals surface area contributed by atoms with E-state index in [0.717, 1.165) is 0 Å². The van der Waals surface area contributed by atoms with E-state index in [1.54, 1.807) is 0 Å². The van der Waals surface area contributed by atoms with Crippen molar-refractivity contribution >= 4 is 29.5 Å². The summed E-state index contributed by atoms with van der Waals surface area (Å²) in [6, 6.07) is 2.68. The average molecular weight is 215 g/mol. The van der Waals surface area contributed by atoms with E-state index < -0.39 is 0 Å². The standard InChI is InChI=1S/C9H4Cl2O2/c10-7-5-9(13)8(11)4-6(7)2-1-3-12/h3-5,13H. The van der Waals surface area contributed by atoms with Crippen LogP contribution in [0.4, 0.5) is 0 Å². The summed E-state index contributed by atoms with van der Waals surface area (Å²) in [4.78, 5) is 9.94. The Labute approximate surface area is 85.1 Å². The van der Waals surface area contributed by atoms with Gasteiger partial charge in [0.2, 0.25) is 0 Å². The second-order valence-corrected chi connectivity index (χ2v) is 2.99. The van der Waals surface area contributed by atoms with E-state index in [-0.39, 0.29) is 15.8 Å². The Morgan fingerprint density at radius 2 is 2.00 bits per heavy atom. The van der Waals surface area contributed by atoms with Crippen molar-refractivity contribution in [1.29, 1.82) is 0 Å². The lowest BCUT2D eigenvalue weighted by molar-refractivity contribution is -0.103. The van der Waals surface area contributed by atoms with Crippen LogP contribution in [-0.4, -0.2) is 11.4 Å². The third-order valence-electron chi connectivity index (χ3n) is 1.30. The number of carbonyl (C=O) groups is 1. The van der Waals surface area contributed by atoms with Gasteiger partial charge in [-0.25, -0.2) is 0 Å². The van der Waals surface area contributed by atoms with Crippen molar-refractivity contribution in [2.75, 3.05) is 0 Å². The van der Waals surface area contributed by atoms with Crippen LogP contribution in [0.25, 0.3) is 0 Å². The molecule has 0 atom stereocenters. The molecular formula is C9H4Cl2O2. The molecule has 0 bridgehead atoms. The van der Waals surface area contributed by atoms with Gasteiger partial charge in [0.1, 0.15) is 5.75 Å². The first-order valence-electron chi connectivity index (χ1n) is 3.28. The van der Waals surface area contributed by atoms with Gasteiger partial charge in [-0.2, -0.15) is 0 Å². The first-order valence-corrected chi connectivity index (χ1v) is 4.04. The molecule has 0 fully saturated rings. The van der Waals surface area contributed by atoms with E-state index in [4.69, 9.17) is 28.3 Å². The molecule has 4 heteroatoms. The molecule has 0 radical (unpaired) electrons. The molecule has 0 aliphatic rings. The topological polar surface area (TPSA) is 37.3 Å². The Morgan fingerprint density at radius 3 is 2.62 bits per heavy atom. The smallest absolute Gasteiger partial charge is 0.193 e. The molecule has 0 heterocycles. The number of carbonyl (C=O) groups excluding carboxylic acids is 1. The zero-order valence-electron chi connectivity index (χ0n) is 6.34. The number of hydrogen-bond donors (Lipinski definition) is 1. The minimum atomic E-state index is -0.108. The molecule has 66 valence electrons. The maximum absolute atomic E-state index is 9.94. The third kappa shape index (κ3) is 2.38. The summed E-state index contributed by atoms with van der Waals surface area (Å²) in [7, 11) is 0. The molecule has 0 amide bonds. The number of hydrogen-bond acceptors (Lipinski definition) is 2. The highest BCUT2D eigenvalue weighted by atomic mass is 35.5. The zero-order valence-corrected chi connectivity index (χ0v) is 7.86. The highest BCUT2D eigenvalue weighted by Crippen LogP contribution is 2.29. The number of halogens is 2. The van der Waals surface area contributed by atoms with Crippen LogP contribution in [0.2, 0.25) is 10.0 Å². The maximum atomic E-state index is 9.94. The number of aromatic hydroxyl groups is 1. The van der Waals surface area contributed by atoms with Crippen LogP contribution in [0.5, 0.6) is 5.75 Å². The predicted octanol–water partition coefficient (Wildman–Crippen LogP) is 2.25. The number of phenols is 1. The molecule has 0 saturated heterocycles. The molecule has 1 N–H and O–H groups in total. The minimum Gasteiger partial charge on any atom is -0.506 e. The Morgan fingerprint density at radius 1 is 1.31 bits per heavy atom. The Kier molecular flexibility index (Phi) is 3.18. The lowest BCUT2D eigenvalue weighted by atomic mass is 10.2. The van der Waals surface area contributed by atoms with Gasteiger partial charge in [-0.15, -0.1) is 0 Å². The van der Waals surface area contributed by atoms with Crippen LogP contribution in [0.1, 0.15) is 5.56 Å².